The molecule has 1 N–H and O–H groups in total. The molecule has 2 aromatic carbocycles. The number of anilines is 2. The summed E-state index contributed by atoms with van der Waals surface area (Å²) >= 11 is 0. The summed E-state index contributed by atoms with van der Waals surface area (Å²) < 4.78 is 13.4. The smallest absolute Gasteiger partial charge is 0.255 e. The van der Waals surface area contributed by atoms with Gasteiger partial charge in [-0.25, -0.2) is 4.39 Å². The molecule has 2 saturated heterocycles. The Bertz CT molecular complexity index is 869. The highest BCUT2D eigenvalue weighted by atomic mass is 19.1. The molecule has 2 aliphatic rings. The Morgan fingerprint density at radius 2 is 2.00 bits per heavy atom. The molecule has 1 amide bonds. The average molecular weight is 381 g/mol. The fraction of sp³-hybridized carbons (Fsp3) is 0.435. The molecule has 2 heterocycles. The number of hydrogen-bond donors (Lipinski definition) is 1. The van der Waals surface area contributed by atoms with Crippen LogP contribution in [-0.4, -0.2) is 42.5 Å². The number of amides is 1. The standard InChI is InChI=1S/C23H28FN3O/c1-16-13-20(26-12-10-21(15-26)27-11-4-5-17(27)2)8-9-22(16)25-23(28)18-6-3-7-19(24)14-18/h3,6-9,13-14,17,21H,4-5,10-12,15H2,1-2H3,(H,25,28)/t17-,21-/m0/s1. The molecular weight excluding hydrogens is 353 g/mol. The van der Waals surface area contributed by atoms with Gasteiger partial charge in [0.05, 0.1) is 0 Å². The lowest BCUT2D eigenvalue weighted by Crippen LogP contribution is -2.39. The molecule has 2 aromatic rings. The summed E-state index contributed by atoms with van der Waals surface area (Å²) in [5.74, 6) is -0.699. The Kier molecular flexibility index (Phi) is 5.36. The van der Waals surface area contributed by atoms with Gasteiger partial charge in [-0.2, -0.15) is 0 Å². The second kappa shape index (κ2) is 7.92. The third kappa shape index (κ3) is 3.90. The van der Waals surface area contributed by atoms with E-state index in [9.17, 15) is 9.18 Å². The second-order valence-corrected chi connectivity index (χ2v) is 8.08. The number of nitrogens with zero attached hydrogens (tertiary/aromatic N) is 2. The molecule has 4 nitrogen and oxygen atoms in total. The van der Waals surface area contributed by atoms with E-state index in [2.05, 4.69) is 34.2 Å². The Labute approximate surface area is 166 Å². The number of likely N-dealkylation sites (tertiary alicyclic amines) is 1. The van der Waals surface area contributed by atoms with Crippen LogP contribution in [0.25, 0.3) is 0 Å². The van der Waals surface area contributed by atoms with Crippen LogP contribution in [0.15, 0.2) is 42.5 Å². The maximum Gasteiger partial charge on any atom is 0.255 e. The Morgan fingerprint density at radius 1 is 1.14 bits per heavy atom. The van der Waals surface area contributed by atoms with Gasteiger partial charge in [-0.1, -0.05) is 6.07 Å². The predicted octanol–water partition coefficient (Wildman–Crippen LogP) is 4.45. The molecule has 2 fully saturated rings. The number of hydrogen-bond acceptors (Lipinski definition) is 3. The van der Waals surface area contributed by atoms with Gasteiger partial charge in [0.1, 0.15) is 5.82 Å². The number of benzene rings is 2. The molecule has 28 heavy (non-hydrogen) atoms. The van der Waals surface area contributed by atoms with E-state index in [0.29, 0.717) is 17.6 Å². The zero-order valence-electron chi connectivity index (χ0n) is 16.6. The molecule has 0 spiro atoms. The third-order valence-corrected chi connectivity index (χ3v) is 6.15. The second-order valence-electron chi connectivity index (χ2n) is 8.08. The quantitative estimate of drug-likeness (QED) is 0.850. The van der Waals surface area contributed by atoms with Crippen molar-refractivity contribution in [1.29, 1.82) is 0 Å². The first-order valence-corrected chi connectivity index (χ1v) is 10.2. The third-order valence-electron chi connectivity index (χ3n) is 6.15. The van der Waals surface area contributed by atoms with Crippen molar-refractivity contribution in [3.63, 3.8) is 0 Å². The molecule has 0 aromatic heterocycles. The van der Waals surface area contributed by atoms with Crippen LogP contribution in [0.4, 0.5) is 15.8 Å². The maximum absolute atomic E-state index is 13.4. The van der Waals surface area contributed by atoms with E-state index >= 15 is 0 Å². The highest BCUT2D eigenvalue weighted by Crippen LogP contribution is 2.30. The molecule has 5 heteroatoms. The number of aryl methyl sites for hydroxylation is 1. The fourth-order valence-corrected chi connectivity index (χ4v) is 4.55. The van der Waals surface area contributed by atoms with Crippen LogP contribution in [-0.2, 0) is 0 Å². The van der Waals surface area contributed by atoms with Crippen molar-refractivity contribution in [2.24, 2.45) is 0 Å². The van der Waals surface area contributed by atoms with Gasteiger partial charge in [0.2, 0.25) is 0 Å². The van der Waals surface area contributed by atoms with Crippen molar-refractivity contribution in [3.8, 4) is 0 Å². The Morgan fingerprint density at radius 3 is 2.71 bits per heavy atom. The first kappa shape index (κ1) is 18.9. The number of halogens is 1. The molecule has 4 rings (SSSR count). The monoisotopic (exact) mass is 381 g/mol. The van der Waals surface area contributed by atoms with E-state index in [-0.39, 0.29) is 5.91 Å². The van der Waals surface area contributed by atoms with Crippen molar-refractivity contribution in [2.75, 3.05) is 29.9 Å². The minimum absolute atomic E-state index is 0.292. The van der Waals surface area contributed by atoms with Crippen molar-refractivity contribution >= 4 is 17.3 Å². The maximum atomic E-state index is 13.4. The summed E-state index contributed by atoms with van der Waals surface area (Å²) in [5, 5.41) is 2.90. The van der Waals surface area contributed by atoms with Crippen LogP contribution < -0.4 is 10.2 Å². The van der Waals surface area contributed by atoms with Crippen molar-refractivity contribution in [3.05, 3.63) is 59.4 Å². The largest absolute Gasteiger partial charge is 0.370 e. The van der Waals surface area contributed by atoms with Crippen LogP contribution in [0.2, 0.25) is 0 Å². The summed E-state index contributed by atoms with van der Waals surface area (Å²) in [4.78, 5) is 17.5. The van der Waals surface area contributed by atoms with Gasteiger partial charge < -0.3 is 10.2 Å². The topological polar surface area (TPSA) is 35.6 Å². The van der Waals surface area contributed by atoms with E-state index in [0.717, 1.165) is 24.3 Å². The van der Waals surface area contributed by atoms with Gasteiger partial charge >= 0.3 is 0 Å². The van der Waals surface area contributed by atoms with Gasteiger partial charge in [0, 0.05) is 42.1 Å². The van der Waals surface area contributed by atoms with Crippen LogP contribution in [0, 0.1) is 12.7 Å². The van der Waals surface area contributed by atoms with Crippen LogP contribution >= 0.6 is 0 Å². The highest BCUT2D eigenvalue weighted by Gasteiger charge is 2.32. The van der Waals surface area contributed by atoms with Gasteiger partial charge in [-0.15, -0.1) is 0 Å². The Hall–Kier alpha value is -2.40. The molecule has 0 unspecified atom stereocenters. The number of nitrogens with one attached hydrogen (secondary N) is 1. The lowest BCUT2D eigenvalue weighted by molar-refractivity contribution is 0.102. The first-order chi connectivity index (χ1) is 13.5. The summed E-state index contributed by atoms with van der Waals surface area (Å²) in [7, 11) is 0. The van der Waals surface area contributed by atoms with E-state index in [4.69, 9.17) is 0 Å². The van der Waals surface area contributed by atoms with Gasteiger partial charge in [0.15, 0.2) is 0 Å². The molecule has 2 atom stereocenters. The molecule has 2 aliphatic heterocycles. The molecule has 0 bridgehead atoms. The molecule has 0 radical (unpaired) electrons. The first-order valence-electron chi connectivity index (χ1n) is 10.2. The molecule has 0 aliphatic carbocycles. The van der Waals surface area contributed by atoms with E-state index in [1.165, 1.54) is 43.6 Å². The predicted molar refractivity (Wildman–Crippen MR) is 112 cm³/mol. The van der Waals surface area contributed by atoms with Crippen LogP contribution in [0.3, 0.4) is 0 Å². The zero-order chi connectivity index (χ0) is 19.7. The van der Waals surface area contributed by atoms with E-state index in [1.807, 2.05) is 13.0 Å². The van der Waals surface area contributed by atoms with Crippen molar-refractivity contribution in [2.45, 2.75) is 45.2 Å². The van der Waals surface area contributed by atoms with Crippen LogP contribution in [0.5, 0.6) is 0 Å². The number of rotatable bonds is 4. The SMILES string of the molecule is Cc1cc(N2CC[C@H](N3CCC[C@@H]3C)C2)ccc1NC(=O)c1cccc(F)c1. The van der Waals surface area contributed by atoms with E-state index < -0.39 is 5.82 Å². The zero-order valence-corrected chi connectivity index (χ0v) is 16.6. The van der Waals surface area contributed by atoms with Gasteiger partial charge in [-0.3, -0.25) is 9.69 Å². The van der Waals surface area contributed by atoms with Gasteiger partial charge in [-0.05, 0) is 81.6 Å². The summed E-state index contributed by atoms with van der Waals surface area (Å²) in [6, 6.07) is 13.3. The van der Waals surface area contributed by atoms with Crippen molar-refractivity contribution in [1.82, 2.24) is 4.90 Å². The number of carbonyl (C=O) groups is 1. The summed E-state index contributed by atoms with van der Waals surface area (Å²) in [6.07, 6.45) is 3.84. The lowest BCUT2D eigenvalue weighted by atomic mass is 10.1. The lowest BCUT2D eigenvalue weighted by Gasteiger charge is -2.28. The minimum atomic E-state index is -0.407. The average Bonchev–Trinajstić information content (AvgIpc) is 3.32. The van der Waals surface area contributed by atoms with E-state index in [1.54, 1.807) is 12.1 Å². The molecule has 0 saturated carbocycles. The highest BCUT2D eigenvalue weighted by molar-refractivity contribution is 6.04. The Balaban J connectivity index is 1.42. The van der Waals surface area contributed by atoms with Crippen molar-refractivity contribution < 1.29 is 9.18 Å². The summed E-state index contributed by atoms with van der Waals surface area (Å²) in [6.45, 7) is 7.71. The fourth-order valence-electron chi connectivity index (χ4n) is 4.55. The number of carbonyl (C=O) groups excluding carboxylic acids is 1. The van der Waals surface area contributed by atoms with Crippen LogP contribution in [0.1, 0.15) is 42.1 Å². The normalized spacial score (nSPS) is 22.6. The molecular formula is C23H28FN3O. The van der Waals surface area contributed by atoms with Gasteiger partial charge in [0.25, 0.3) is 5.91 Å². The minimum Gasteiger partial charge on any atom is -0.370 e. The molecule has 148 valence electrons. The summed E-state index contributed by atoms with van der Waals surface area (Å²) in [5.41, 5.74) is 3.31.